The first-order valence-electron chi connectivity index (χ1n) is 6.12. The van der Waals surface area contributed by atoms with Crippen LogP contribution in [0.25, 0.3) is 0 Å². The summed E-state index contributed by atoms with van der Waals surface area (Å²) in [5.41, 5.74) is -0.110. The van der Waals surface area contributed by atoms with Crippen molar-refractivity contribution < 1.29 is 19.7 Å². The molecule has 0 spiro atoms. The molecule has 0 aromatic heterocycles. The zero-order chi connectivity index (χ0) is 12.4. The Balaban J connectivity index is 0.00000256. The lowest BCUT2D eigenvalue weighted by atomic mass is 9.71. The van der Waals surface area contributed by atoms with E-state index in [-0.39, 0.29) is 28.7 Å². The lowest BCUT2D eigenvalue weighted by molar-refractivity contribution is -0.135. The second-order valence-corrected chi connectivity index (χ2v) is 5.47. The van der Waals surface area contributed by atoms with Gasteiger partial charge in [0.2, 0.25) is 0 Å². The van der Waals surface area contributed by atoms with Gasteiger partial charge in [0.25, 0.3) is 0 Å². The fraction of sp³-hybridized carbons (Fsp3) is 1.00. The van der Waals surface area contributed by atoms with Crippen molar-refractivity contribution in [2.75, 3.05) is 20.8 Å². The molecule has 2 N–H and O–H groups in total. The fourth-order valence-corrected chi connectivity index (χ4v) is 2.88. The average molecular weight is 248 g/mol. The average Bonchev–Trinajstić information content (AvgIpc) is 2.56. The van der Waals surface area contributed by atoms with Crippen LogP contribution in [-0.2, 0) is 14.2 Å². The molecule has 104 valence electrons. The second kappa shape index (κ2) is 6.14. The molecule has 0 aromatic carbocycles. The third-order valence-corrected chi connectivity index (χ3v) is 4.08. The minimum Gasteiger partial charge on any atom is -0.412 e. The smallest absolute Gasteiger partial charge is 0.0858 e. The molecule has 0 bridgehead atoms. The summed E-state index contributed by atoms with van der Waals surface area (Å²) in [5.74, 6) is 0. The van der Waals surface area contributed by atoms with Crippen LogP contribution in [0.3, 0.4) is 0 Å². The first-order valence-corrected chi connectivity index (χ1v) is 6.12. The summed E-state index contributed by atoms with van der Waals surface area (Å²) in [6.07, 6.45) is 2.32. The Labute approximate surface area is 105 Å². The predicted molar refractivity (Wildman–Crippen MR) is 68.3 cm³/mol. The Kier molecular flexibility index (Phi) is 6.08. The standard InChI is InChI=1S/C13H26O3.H2O/c1-7-13(12(3,4)9-14-5)8-11(15-6)10(2)16-13;/h10-11H,7-9H2,1-6H3;1H2/t10-,11?,13?;/m0./s1. The van der Waals surface area contributed by atoms with Gasteiger partial charge < -0.3 is 19.7 Å². The van der Waals surface area contributed by atoms with E-state index < -0.39 is 0 Å². The number of ether oxygens (including phenoxy) is 3. The molecular weight excluding hydrogens is 220 g/mol. The van der Waals surface area contributed by atoms with Crippen molar-refractivity contribution in [2.24, 2.45) is 5.41 Å². The zero-order valence-electron chi connectivity index (χ0n) is 12.0. The summed E-state index contributed by atoms with van der Waals surface area (Å²) in [6, 6.07) is 0. The van der Waals surface area contributed by atoms with Crippen molar-refractivity contribution in [3.63, 3.8) is 0 Å². The molecule has 2 unspecified atom stereocenters. The van der Waals surface area contributed by atoms with E-state index in [1.807, 2.05) is 0 Å². The predicted octanol–water partition coefficient (Wildman–Crippen LogP) is 1.81. The Morgan fingerprint density at radius 3 is 2.29 bits per heavy atom. The summed E-state index contributed by atoms with van der Waals surface area (Å²) >= 11 is 0. The number of hydrogen-bond acceptors (Lipinski definition) is 3. The van der Waals surface area contributed by atoms with E-state index in [9.17, 15) is 0 Å². The molecule has 1 rings (SSSR count). The highest BCUT2D eigenvalue weighted by Crippen LogP contribution is 2.47. The van der Waals surface area contributed by atoms with Crippen molar-refractivity contribution in [1.82, 2.24) is 0 Å². The van der Waals surface area contributed by atoms with Gasteiger partial charge in [-0.2, -0.15) is 0 Å². The van der Waals surface area contributed by atoms with Crippen LogP contribution in [0, 0.1) is 5.41 Å². The molecule has 3 atom stereocenters. The van der Waals surface area contributed by atoms with Crippen LogP contribution in [0.2, 0.25) is 0 Å². The molecule has 0 saturated carbocycles. The second-order valence-electron chi connectivity index (χ2n) is 5.47. The molecule has 0 radical (unpaired) electrons. The van der Waals surface area contributed by atoms with E-state index >= 15 is 0 Å². The van der Waals surface area contributed by atoms with Crippen molar-refractivity contribution in [3.8, 4) is 0 Å². The van der Waals surface area contributed by atoms with Crippen LogP contribution < -0.4 is 0 Å². The van der Waals surface area contributed by atoms with E-state index in [0.29, 0.717) is 6.61 Å². The normalized spacial score (nSPS) is 33.5. The molecule has 1 aliphatic heterocycles. The molecule has 1 aliphatic rings. The molecule has 4 heteroatoms. The largest absolute Gasteiger partial charge is 0.412 e. The Morgan fingerprint density at radius 1 is 1.35 bits per heavy atom. The van der Waals surface area contributed by atoms with Gasteiger partial charge >= 0.3 is 0 Å². The monoisotopic (exact) mass is 248 g/mol. The highest BCUT2D eigenvalue weighted by Gasteiger charge is 2.52. The van der Waals surface area contributed by atoms with Gasteiger partial charge in [-0.05, 0) is 13.3 Å². The highest BCUT2D eigenvalue weighted by atomic mass is 16.6. The third-order valence-electron chi connectivity index (χ3n) is 4.08. The van der Waals surface area contributed by atoms with Crippen LogP contribution in [0.5, 0.6) is 0 Å². The lowest BCUT2D eigenvalue weighted by Crippen LogP contribution is -2.47. The molecule has 1 saturated heterocycles. The van der Waals surface area contributed by atoms with Gasteiger partial charge in [-0.3, -0.25) is 0 Å². The minimum atomic E-state index is -0.122. The summed E-state index contributed by atoms with van der Waals surface area (Å²) < 4.78 is 17.0. The molecule has 0 aliphatic carbocycles. The molecule has 4 nitrogen and oxygen atoms in total. The summed E-state index contributed by atoms with van der Waals surface area (Å²) in [4.78, 5) is 0. The molecule has 1 heterocycles. The maximum Gasteiger partial charge on any atom is 0.0858 e. The third kappa shape index (κ3) is 2.99. The Morgan fingerprint density at radius 2 is 1.94 bits per heavy atom. The van der Waals surface area contributed by atoms with Crippen molar-refractivity contribution in [3.05, 3.63) is 0 Å². The Bertz CT molecular complexity index is 229. The van der Waals surface area contributed by atoms with Crippen molar-refractivity contribution in [1.29, 1.82) is 0 Å². The quantitative estimate of drug-likeness (QED) is 0.745. The summed E-state index contributed by atoms with van der Waals surface area (Å²) in [7, 11) is 3.51. The molecular formula is C13H28O4. The maximum atomic E-state index is 6.21. The fourth-order valence-electron chi connectivity index (χ4n) is 2.88. The van der Waals surface area contributed by atoms with Gasteiger partial charge in [-0.25, -0.2) is 0 Å². The van der Waals surface area contributed by atoms with Crippen LogP contribution in [0.15, 0.2) is 0 Å². The maximum absolute atomic E-state index is 6.21. The lowest BCUT2D eigenvalue weighted by Gasteiger charge is -2.42. The number of hydrogen-bond donors (Lipinski definition) is 0. The molecule has 17 heavy (non-hydrogen) atoms. The molecule has 0 aromatic rings. The topological polar surface area (TPSA) is 59.2 Å². The van der Waals surface area contributed by atoms with Gasteiger partial charge in [-0.1, -0.05) is 20.8 Å². The van der Waals surface area contributed by atoms with Gasteiger partial charge in [0, 0.05) is 26.1 Å². The van der Waals surface area contributed by atoms with Gasteiger partial charge in [0.05, 0.1) is 24.4 Å². The Hall–Kier alpha value is -0.160. The van der Waals surface area contributed by atoms with E-state index in [4.69, 9.17) is 14.2 Å². The van der Waals surface area contributed by atoms with Crippen molar-refractivity contribution in [2.45, 2.75) is 58.3 Å². The highest BCUT2D eigenvalue weighted by molar-refractivity contribution is 5.02. The summed E-state index contributed by atoms with van der Waals surface area (Å²) in [6.45, 7) is 9.41. The first kappa shape index (κ1) is 16.8. The van der Waals surface area contributed by atoms with Crippen LogP contribution in [0.1, 0.15) is 40.5 Å². The van der Waals surface area contributed by atoms with Gasteiger partial charge in [0.15, 0.2) is 0 Å². The van der Waals surface area contributed by atoms with E-state index in [0.717, 1.165) is 12.8 Å². The number of methoxy groups -OCH3 is 2. The summed E-state index contributed by atoms with van der Waals surface area (Å²) in [5, 5.41) is 0. The van der Waals surface area contributed by atoms with E-state index in [2.05, 4.69) is 27.7 Å². The van der Waals surface area contributed by atoms with Crippen LogP contribution in [-0.4, -0.2) is 44.1 Å². The first-order chi connectivity index (χ1) is 7.42. The number of rotatable bonds is 5. The SMILES string of the molecule is CCC1(C(C)(C)COC)CC(OC)[C@H](C)O1.O. The minimum absolute atomic E-state index is 0. The zero-order valence-corrected chi connectivity index (χ0v) is 12.0. The molecule has 0 amide bonds. The van der Waals surface area contributed by atoms with Crippen LogP contribution in [0.4, 0.5) is 0 Å². The van der Waals surface area contributed by atoms with Gasteiger partial charge in [0.1, 0.15) is 0 Å². The molecule has 1 fully saturated rings. The van der Waals surface area contributed by atoms with Gasteiger partial charge in [-0.15, -0.1) is 0 Å². The van der Waals surface area contributed by atoms with Crippen molar-refractivity contribution >= 4 is 0 Å². The van der Waals surface area contributed by atoms with E-state index in [1.54, 1.807) is 14.2 Å². The van der Waals surface area contributed by atoms with E-state index in [1.165, 1.54) is 0 Å². The van der Waals surface area contributed by atoms with Crippen LogP contribution >= 0.6 is 0 Å².